The van der Waals surface area contributed by atoms with Gasteiger partial charge < -0.3 is 10.9 Å². The lowest BCUT2D eigenvalue weighted by Crippen LogP contribution is -2.33. The lowest BCUT2D eigenvalue weighted by atomic mass is 10.1. The van der Waals surface area contributed by atoms with Crippen LogP contribution in [0, 0.1) is 12.7 Å². The van der Waals surface area contributed by atoms with Crippen LogP contribution in [0.15, 0.2) is 23.4 Å². The minimum Gasteiger partial charge on any atom is -0.409 e. The van der Waals surface area contributed by atoms with Crippen molar-refractivity contribution in [3.05, 3.63) is 35.1 Å². The highest BCUT2D eigenvalue weighted by Gasteiger charge is 2.12. The third-order valence-electron chi connectivity index (χ3n) is 3.11. The molecule has 0 radical (unpaired) electrons. The van der Waals surface area contributed by atoms with Crippen molar-refractivity contribution in [1.29, 1.82) is 0 Å². The van der Waals surface area contributed by atoms with Gasteiger partial charge in [0.05, 0.1) is 0 Å². The summed E-state index contributed by atoms with van der Waals surface area (Å²) in [5.41, 5.74) is 7.48. The Labute approximate surface area is 107 Å². The maximum absolute atomic E-state index is 13.0. The van der Waals surface area contributed by atoms with Crippen LogP contribution in [0.4, 0.5) is 4.39 Å². The number of rotatable bonds is 5. The molecule has 0 amide bonds. The van der Waals surface area contributed by atoms with Gasteiger partial charge in [-0.15, -0.1) is 0 Å². The second-order valence-electron chi connectivity index (χ2n) is 4.63. The van der Waals surface area contributed by atoms with E-state index < -0.39 is 0 Å². The number of aryl methyl sites for hydroxylation is 1. The molecule has 100 valence electrons. The first-order valence-electron chi connectivity index (χ1n) is 5.85. The van der Waals surface area contributed by atoms with Crippen LogP contribution in [0.1, 0.15) is 24.5 Å². The number of nitrogens with zero attached hydrogens (tertiary/aromatic N) is 2. The average Bonchev–Trinajstić information content (AvgIpc) is 2.32. The molecule has 0 saturated heterocycles. The normalized spacial score (nSPS) is 13.9. The minimum absolute atomic E-state index is 0.144. The van der Waals surface area contributed by atoms with Gasteiger partial charge in [0.25, 0.3) is 0 Å². The van der Waals surface area contributed by atoms with E-state index in [0.29, 0.717) is 13.0 Å². The number of benzene rings is 1. The summed E-state index contributed by atoms with van der Waals surface area (Å²) < 4.78 is 13.0. The van der Waals surface area contributed by atoms with E-state index in [2.05, 4.69) is 10.1 Å². The Kier molecular flexibility index (Phi) is 5.09. The van der Waals surface area contributed by atoms with Crippen molar-refractivity contribution in [2.24, 2.45) is 10.9 Å². The monoisotopic (exact) mass is 253 g/mol. The summed E-state index contributed by atoms with van der Waals surface area (Å²) in [5, 5.41) is 11.5. The summed E-state index contributed by atoms with van der Waals surface area (Å²) in [6.07, 6.45) is 0.493. The molecule has 5 heteroatoms. The van der Waals surface area contributed by atoms with Crippen LogP contribution in [0.3, 0.4) is 0 Å². The molecule has 0 spiro atoms. The van der Waals surface area contributed by atoms with Crippen LogP contribution < -0.4 is 5.73 Å². The molecule has 0 heterocycles. The molecule has 0 aromatic heterocycles. The van der Waals surface area contributed by atoms with Gasteiger partial charge in [-0.05, 0) is 44.2 Å². The van der Waals surface area contributed by atoms with Crippen LogP contribution in [0.5, 0.6) is 0 Å². The van der Waals surface area contributed by atoms with Gasteiger partial charge in [0, 0.05) is 19.0 Å². The number of hydrogen-bond acceptors (Lipinski definition) is 3. The van der Waals surface area contributed by atoms with E-state index in [1.165, 1.54) is 12.1 Å². The molecule has 1 rings (SSSR count). The molecule has 0 bridgehead atoms. The van der Waals surface area contributed by atoms with Gasteiger partial charge in [-0.3, -0.25) is 4.90 Å². The van der Waals surface area contributed by atoms with E-state index in [9.17, 15) is 4.39 Å². The maximum atomic E-state index is 13.0. The van der Waals surface area contributed by atoms with Crippen molar-refractivity contribution < 1.29 is 9.60 Å². The predicted octanol–water partition coefficient (Wildman–Crippen LogP) is 2.09. The molecule has 1 unspecified atom stereocenters. The fourth-order valence-electron chi connectivity index (χ4n) is 1.76. The zero-order valence-corrected chi connectivity index (χ0v) is 11.0. The molecule has 18 heavy (non-hydrogen) atoms. The summed E-state index contributed by atoms with van der Waals surface area (Å²) >= 11 is 0. The van der Waals surface area contributed by atoms with Crippen molar-refractivity contribution in [2.45, 2.75) is 32.9 Å². The molecule has 0 saturated carbocycles. The molecule has 0 aliphatic carbocycles. The van der Waals surface area contributed by atoms with Gasteiger partial charge in [-0.1, -0.05) is 11.2 Å². The van der Waals surface area contributed by atoms with E-state index in [1.54, 1.807) is 6.07 Å². The summed E-state index contributed by atoms with van der Waals surface area (Å²) in [6.45, 7) is 4.59. The standard InChI is InChI=1S/C13H20FN3O/c1-9-6-12(14)5-4-11(9)8-17(3)10(2)7-13(15)16-18/h4-6,10,18H,7-8H2,1-3H3,(H2,15,16). The molecule has 1 atom stereocenters. The largest absolute Gasteiger partial charge is 0.409 e. The van der Waals surface area contributed by atoms with E-state index in [0.717, 1.165) is 11.1 Å². The highest BCUT2D eigenvalue weighted by molar-refractivity contribution is 5.80. The third-order valence-corrected chi connectivity index (χ3v) is 3.11. The summed E-state index contributed by atoms with van der Waals surface area (Å²) in [5.74, 6) is -0.00575. The minimum atomic E-state index is -0.219. The smallest absolute Gasteiger partial charge is 0.140 e. The molecule has 1 aromatic carbocycles. The second-order valence-corrected chi connectivity index (χ2v) is 4.63. The van der Waals surface area contributed by atoms with Crippen LogP contribution in [0.25, 0.3) is 0 Å². The lowest BCUT2D eigenvalue weighted by molar-refractivity contribution is 0.250. The molecule has 1 aromatic rings. The first-order valence-corrected chi connectivity index (χ1v) is 5.85. The molecule has 4 nitrogen and oxygen atoms in total. The molecular weight excluding hydrogens is 233 g/mol. The van der Waals surface area contributed by atoms with Crippen molar-refractivity contribution in [2.75, 3.05) is 7.05 Å². The van der Waals surface area contributed by atoms with E-state index in [1.807, 2.05) is 20.9 Å². The first kappa shape index (κ1) is 14.4. The number of hydrogen-bond donors (Lipinski definition) is 2. The molecule has 0 fully saturated rings. The number of halogens is 1. The summed E-state index contributed by atoms with van der Waals surface area (Å²) in [6, 6.07) is 4.92. The van der Waals surface area contributed by atoms with Gasteiger partial charge in [0.2, 0.25) is 0 Å². The van der Waals surface area contributed by atoms with E-state index in [4.69, 9.17) is 10.9 Å². The zero-order valence-electron chi connectivity index (χ0n) is 11.0. The fraction of sp³-hybridized carbons (Fsp3) is 0.462. The van der Waals surface area contributed by atoms with Gasteiger partial charge >= 0.3 is 0 Å². The van der Waals surface area contributed by atoms with Crippen LogP contribution in [-0.4, -0.2) is 29.0 Å². The van der Waals surface area contributed by atoms with Crippen molar-refractivity contribution in [3.8, 4) is 0 Å². The van der Waals surface area contributed by atoms with E-state index in [-0.39, 0.29) is 17.7 Å². The Morgan fingerprint density at radius 1 is 1.56 bits per heavy atom. The van der Waals surface area contributed by atoms with Crippen LogP contribution in [0.2, 0.25) is 0 Å². The van der Waals surface area contributed by atoms with Gasteiger partial charge in [-0.2, -0.15) is 0 Å². The number of oxime groups is 1. The zero-order chi connectivity index (χ0) is 13.7. The number of nitrogens with two attached hydrogens (primary N) is 1. The van der Waals surface area contributed by atoms with Crippen molar-refractivity contribution >= 4 is 5.84 Å². The summed E-state index contributed by atoms with van der Waals surface area (Å²) in [4.78, 5) is 2.08. The topological polar surface area (TPSA) is 61.8 Å². The Morgan fingerprint density at radius 2 is 2.22 bits per heavy atom. The van der Waals surface area contributed by atoms with Gasteiger partial charge in [-0.25, -0.2) is 4.39 Å². The second kappa shape index (κ2) is 6.35. The van der Waals surface area contributed by atoms with Gasteiger partial charge in [0.1, 0.15) is 11.7 Å². The Hall–Kier alpha value is -1.62. The number of amidine groups is 1. The molecule has 0 aliphatic heterocycles. The Morgan fingerprint density at radius 3 is 2.78 bits per heavy atom. The molecular formula is C13H20FN3O. The highest BCUT2D eigenvalue weighted by Crippen LogP contribution is 2.14. The summed E-state index contributed by atoms with van der Waals surface area (Å²) in [7, 11) is 1.96. The molecule has 0 aliphatic rings. The lowest BCUT2D eigenvalue weighted by Gasteiger charge is -2.25. The van der Waals surface area contributed by atoms with Crippen LogP contribution in [-0.2, 0) is 6.54 Å². The van der Waals surface area contributed by atoms with Crippen molar-refractivity contribution in [1.82, 2.24) is 4.90 Å². The Bertz CT molecular complexity index is 434. The maximum Gasteiger partial charge on any atom is 0.140 e. The third kappa shape index (κ3) is 4.00. The Balaban J connectivity index is 2.66. The van der Waals surface area contributed by atoms with Gasteiger partial charge in [0.15, 0.2) is 0 Å². The first-order chi connectivity index (χ1) is 8.43. The van der Waals surface area contributed by atoms with Crippen molar-refractivity contribution in [3.63, 3.8) is 0 Å². The fourth-order valence-corrected chi connectivity index (χ4v) is 1.76. The average molecular weight is 253 g/mol. The highest BCUT2D eigenvalue weighted by atomic mass is 19.1. The SMILES string of the molecule is Cc1cc(F)ccc1CN(C)C(C)C/C(N)=N/O. The quantitative estimate of drug-likeness (QED) is 0.365. The molecule has 3 N–H and O–H groups in total. The van der Waals surface area contributed by atoms with E-state index >= 15 is 0 Å². The van der Waals surface area contributed by atoms with Crippen LogP contribution >= 0.6 is 0 Å². The predicted molar refractivity (Wildman–Crippen MR) is 70.1 cm³/mol.